The minimum atomic E-state index is -0.881. The van der Waals surface area contributed by atoms with E-state index in [1.165, 1.54) is 28.0 Å². The van der Waals surface area contributed by atoms with Crippen LogP contribution >= 0.6 is 38.9 Å². The van der Waals surface area contributed by atoms with Gasteiger partial charge in [0, 0.05) is 10.6 Å². The van der Waals surface area contributed by atoms with Crippen molar-refractivity contribution in [3.05, 3.63) is 160 Å². The van der Waals surface area contributed by atoms with Crippen LogP contribution in [-0.2, 0) is 16.1 Å². The molecule has 5 aromatic rings. The van der Waals surface area contributed by atoms with Gasteiger partial charge in [-0.05, 0) is 82.0 Å². The first-order valence-electron chi connectivity index (χ1n) is 14.0. The van der Waals surface area contributed by atoms with E-state index in [0.717, 1.165) is 15.6 Å². The van der Waals surface area contributed by atoms with Crippen LogP contribution in [0.4, 0.5) is 4.39 Å². The maximum atomic E-state index is 14.1. The molecule has 226 valence electrons. The highest BCUT2D eigenvalue weighted by Gasteiger charge is 2.35. The molecule has 0 fully saturated rings. The van der Waals surface area contributed by atoms with Crippen LogP contribution in [0.3, 0.4) is 0 Å². The summed E-state index contributed by atoms with van der Waals surface area (Å²) in [4.78, 5) is 32.8. The van der Waals surface area contributed by atoms with Crippen LogP contribution in [-0.4, -0.2) is 17.1 Å². The molecule has 45 heavy (non-hydrogen) atoms. The van der Waals surface area contributed by atoms with Gasteiger partial charge < -0.3 is 9.47 Å². The maximum Gasteiger partial charge on any atom is 0.338 e. The van der Waals surface area contributed by atoms with Gasteiger partial charge in [0.1, 0.15) is 18.2 Å². The molecular formula is C35H25BrClFN2O4S. The SMILES string of the molecule is CCOC(=O)C1=C(c2ccccc2)N=c2s/c(=C\c3ccc(OCc4ccc(Cl)cc4)c(Br)c3)c(=O)n2[C@@H]1c1ccc(F)cc1. The van der Waals surface area contributed by atoms with E-state index >= 15 is 0 Å². The molecule has 0 bridgehead atoms. The molecule has 10 heteroatoms. The molecule has 1 atom stereocenters. The van der Waals surface area contributed by atoms with Gasteiger partial charge in [0.25, 0.3) is 5.56 Å². The summed E-state index contributed by atoms with van der Waals surface area (Å²) < 4.78 is 28.1. The average Bonchev–Trinajstić information content (AvgIpc) is 3.35. The van der Waals surface area contributed by atoms with Gasteiger partial charge in [-0.15, -0.1) is 0 Å². The third kappa shape index (κ3) is 6.56. The number of ether oxygens (including phenoxy) is 2. The summed E-state index contributed by atoms with van der Waals surface area (Å²) >= 11 is 10.8. The molecule has 4 aromatic carbocycles. The first kappa shape index (κ1) is 30.7. The lowest BCUT2D eigenvalue weighted by Crippen LogP contribution is -2.40. The van der Waals surface area contributed by atoms with Gasteiger partial charge >= 0.3 is 5.97 Å². The van der Waals surface area contributed by atoms with Gasteiger partial charge in [-0.2, -0.15) is 0 Å². The lowest BCUT2D eigenvalue weighted by atomic mass is 9.93. The summed E-state index contributed by atoms with van der Waals surface area (Å²) in [5.74, 6) is -0.379. The number of hydrogen-bond acceptors (Lipinski definition) is 6. The molecule has 6 rings (SSSR count). The molecule has 6 nitrogen and oxygen atoms in total. The van der Waals surface area contributed by atoms with Crippen molar-refractivity contribution in [2.45, 2.75) is 19.6 Å². The van der Waals surface area contributed by atoms with Crippen molar-refractivity contribution < 1.29 is 18.7 Å². The average molecular weight is 704 g/mol. The zero-order valence-electron chi connectivity index (χ0n) is 23.9. The molecule has 0 spiro atoms. The second kappa shape index (κ2) is 13.4. The molecule has 0 saturated heterocycles. The predicted octanol–water partition coefficient (Wildman–Crippen LogP) is 7.07. The molecule has 0 aliphatic carbocycles. The Morgan fingerprint density at radius 2 is 1.78 bits per heavy atom. The molecule has 2 heterocycles. The highest BCUT2D eigenvalue weighted by molar-refractivity contribution is 9.10. The zero-order chi connectivity index (χ0) is 31.5. The van der Waals surface area contributed by atoms with Crippen molar-refractivity contribution in [3.8, 4) is 5.75 Å². The number of halogens is 3. The van der Waals surface area contributed by atoms with E-state index in [1.807, 2.05) is 72.8 Å². The summed E-state index contributed by atoms with van der Waals surface area (Å²) in [5.41, 5.74) is 3.27. The Balaban J connectivity index is 1.45. The van der Waals surface area contributed by atoms with E-state index in [0.29, 0.717) is 43.5 Å². The molecule has 0 amide bonds. The summed E-state index contributed by atoms with van der Waals surface area (Å²) in [6.45, 7) is 2.22. The fourth-order valence-electron chi connectivity index (χ4n) is 5.02. The van der Waals surface area contributed by atoms with E-state index in [2.05, 4.69) is 15.9 Å². The smallest absolute Gasteiger partial charge is 0.338 e. The minimum absolute atomic E-state index is 0.138. The van der Waals surface area contributed by atoms with E-state index in [-0.39, 0.29) is 17.7 Å². The standard InChI is InChI=1S/C35H25BrClFN2O4S/c1-2-43-34(42)30-31(23-6-4-3-5-7-23)39-35-40(32(30)24-11-15-26(38)16-12-24)33(41)29(45-35)19-22-10-17-28(27(36)18-22)44-20-21-8-13-25(37)14-9-21/h3-19,32H,2,20H2,1H3/b29-19-/t32-/m1/s1. The largest absolute Gasteiger partial charge is 0.488 e. The second-order valence-corrected chi connectivity index (χ2v) is 12.4. The Hall–Kier alpha value is -4.31. The third-order valence-corrected chi connectivity index (χ3v) is 8.98. The Labute approximate surface area is 275 Å². The lowest BCUT2D eigenvalue weighted by molar-refractivity contribution is -0.138. The van der Waals surface area contributed by atoms with Crippen LogP contribution in [0.5, 0.6) is 5.75 Å². The first-order chi connectivity index (χ1) is 21.8. The van der Waals surface area contributed by atoms with Crippen molar-refractivity contribution in [3.63, 3.8) is 0 Å². The van der Waals surface area contributed by atoms with Gasteiger partial charge in [-0.25, -0.2) is 14.2 Å². The number of benzene rings is 4. The van der Waals surface area contributed by atoms with Crippen molar-refractivity contribution in [1.29, 1.82) is 0 Å². The second-order valence-electron chi connectivity index (χ2n) is 10.1. The number of rotatable bonds is 8. The fraction of sp³-hybridized carbons (Fsp3) is 0.114. The number of esters is 1. The lowest BCUT2D eigenvalue weighted by Gasteiger charge is -2.25. The third-order valence-electron chi connectivity index (χ3n) is 7.12. The number of nitrogens with zero attached hydrogens (tertiary/aromatic N) is 2. The normalized spacial score (nSPS) is 14.6. The quantitative estimate of drug-likeness (QED) is 0.162. The molecule has 0 N–H and O–H groups in total. The number of carbonyl (C=O) groups is 1. The van der Waals surface area contributed by atoms with Gasteiger partial charge in [0.15, 0.2) is 4.80 Å². The highest BCUT2D eigenvalue weighted by Crippen LogP contribution is 2.35. The Bertz CT molecular complexity index is 2090. The van der Waals surface area contributed by atoms with Crippen molar-refractivity contribution in [2.75, 3.05) is 6.61 Å². The van der Waals surface area contributed by atoms with Crippen LogP contribution in [0.2, 0.25) is 5.02 Å². The van der Waals surface area contributed by atoms with Crippen molar-refractivity contribution in [2.24, 2.45) is 4.99 Å². The van der Waals surface area contributed by atoms with E-state index in [1.54, 1.807) is 25.1 Å². The van der Waals surface area contributed by atoms with E-state index < -0.39 is 17.8 Å². The Morgan fingerprint density at radius 3 is 2.47 bits per heavy atom. The minimum Gasteiger partial charge on any atom is -0.488 e. The number of hydrogen-bond donors (Lipinski definition) is 0. The van der Waals surface area contributed by atoms with E-state index in [9.17, 15) is 14.0 Å². The van der Waals surface area contributed by atoms with Gasteiger partial charge in [-0.3, -0.25) is 9.36 Å². The Morgan fingerprint density at radius 1 is 1.04 bits per heavy atom. The number of aromatic nitrogens is 1. The summed E-state index contributed by atoms with van der Waals surface area (Å²) in [6, 6.07) is 27.1. The van der Waals surface area contributed by atoms with Crippen LogP contribution in [0.15, 0.2) is 117 Å². The molecule has 0 saturated carbocycles. The number of fused-ring (bicyclic) bond motifs is 1. The van der Waals surface area contributed by atoms with Crippen LogP contribution in [0.1, 0.15) is 35.2 Å². The molecular weight excluding hydrogens is 679 g/mol. The number of thiazole rings is 1. The van der Waals surface area contributed by atoms with Crippen LogP contribution in [0.25, 0.3) is 11.8 Å². The highest BCUT2D eigenvalue weighted by atomic mass is 79.9. The summed E-state index contributed by atoms with van der Waals surface area (Å²) in [5, 5.41) is 0.659. The summed E-state index contributed by atoms with van der Waals surface area (Å²) in [6.07, 6.45) is 1.77. The van der Waals surface area contributed by atoms with E-state index in [4.69, 9.17) is 26.1 Å². The predicted molar refractivity (Wildman–Crippen MR) is 177 cm³/mol. The number of carbonyl (C=O) groups excluding carboxylic acids is 1. The van der Waals surface area contributed by atoms with Gasteiger partial charge in [0.05, 0.1) is 32.9 Å². The monoisotopic (exact) mass is 702 g/mol. The van der Waals surface area contributed by atoms with Gasteiger partial charge in [0.2, 0.25) is 0 Å². The molecule has 1 aliphatic heterocycles. The Kier molecular flexibility index (Phi) is 9.11. The first-order valence-corrected chi connectivity index (χ1v) is 16.0. The zero-order valence-corrected chi connectivity index (χ0v) is 27.0. The van der Waals surface area contributed by atoms with Crippen LogP contribution in [0, 0.1) is 5.82 Å². The maximum absolute atomic E-state index is 14.1. The molecule has 0 radical (unpaired) electrons. The summed E-state index contributed by atoms with van der Waals surface area (Å²) in [7, 11) is 0. The molecule has 1 aliphatic rings. The van der Waals surface area contributed by atoms with Crippen molar-refractivity contribution in [1.82, 2.24) is 4.57 Å². The van der Waals surface area contributed by atoms with Crippen molar-refractivity contribution >= 4 is 56.6 Å². The van der Waals surface area contributed by atoms with Gasteiger partial charge in [-0.1, -0.05) is 83.6 Å². The molecule has 0 unspecified atom stereocenters. The molecule has 1 aromatic heterocycles. The fourth-order valence-corrected chi connectivity index (χ4v) is 6.66. The topological polar surface area (TPSA) is 69.9 Å². The van der Waals surface area contributed by atoms with Crippen LogP contribution < -0.4 is 19.6 Å².